The molecule has 54 heavy (non-hydrogen) atoms. The van der Waals surface area contributed by atoms with Crippen LogP contribution in [0.15, 0.2) is 0 Å². The molecule has 0 aliphatic carbocycles. The van der Waals surface area contributed by atoms with Gasteiger partial charge in [-0.1, -0.05) is 0 Å². The van der Waals surface area contributed by atoms with Crippen LogP contribution in [0.25, 0.3) is 0 Å². The summed E-state index contributed by atoms with van der Waals surface area (Å²) in [5.41, 5.74) is 0. The molecular weight excluding hydrogens is 698 g/mol. The van der Waals surface area contributed by atoms with Gasteiger partial charge in [0, 0.05) is 67.2 Å². The Balaban J connectivity index is 0.000000593. The predicted molar refractivity (Wildman–Crippen MR) is 208 cm³/mol. The average Bonchev–Trinajstić information content (AvgIpc) is 3.17. The van der Waals surface area contributed by atoms with Crippen LogP contribution in [0.4, 0.5) is 0 Å². The standard InChI is InChI=1S/C22H43N3O5.C17H32N2O5/c1-18-14-25(15-20(30-18)17-28-5)13-7-9-19(8-6-12-24(3)4)16-29-22(27)11-10-21(26)23-2;1-14-11-19(12-15(24-14)13-22-3)9-5-4-6-10-23-17(21)8-7-16(20)18-2/h18-20H,6-17H2,1-5H3,(H,23,26);14-15H,4-13H2,1-3H3,(H,18,20)/i5TD;3TD. The molecule has 2 rings (SSSR count). The molecular formula is C39H75N5O10. The van der Waals surface area contributed by atoms with Crippen molar-refractivity contribution in [3.8, 4) is 0 Å². The van der Waals surface area contributed by atoms with Crippen LogP contribution < -0.4 is 10.6 Å². The Labute approximate surface area is 331 Å². The van der Waals surface area contributed by atoms with Gasteiger partial charge in [-0.05, 0) is 98.4 Å². The number of esters is 2. The molecule has 15 heteroatoms. The monoisotopic (exact) mass is 780 g/mol. The maximum atomic E-state index is 12.0. The minimum absolute atomic E-state index is 0.0874. The van der Waals surface area contributed by atoms with Crippen LogP contribution in [0, 0.1) is 5.92 Å². The molecule has 2 amide bonds. The Morgan fingerprint density at radius 2 is 1.28 bits per heavy atom. The number of amides is 2. The summed E-state index contributed by atoms with van der Waals surface area (Å²) in [6.07, 6.45) is 7.26. The third-order valence-electron chi connectivity index (χ3n) is 9.20. The quantitative estimate of drug-likeness (QED) is 0.0977. The maximum Gasteiger partial charge on any atom is 0.306 e. The Bertz CT molecular complexity index is 1130. The molecule has 7 atom stereocenters. The summed E-state index contributed by atoms with van der Waals surface area (Å²) in [5.74, 6) is -0.678. The molecule has 15 nitrogen and oxygen atoms in total. The second-order valence-electron chi connectivity index (χ2n) is 14.6. The number of methoxy groups -OCH3 is 2. The van der Waals surface area contributed by atoms with Crippen molar-refractivity contribution in [3.05, 3.63) is 0 Å². The zero-order valence-corrected chi connectivity index (χ0v) is 34.0. The van der Waals surface area contributed by atoms with Crippen molar-refractivity contribution in [2.75, 3.05) is 115 Å². The Hall–Kier alpha value is -2.40. The number of carbonyl (C=O) groups is 4. The van der Waals surface area contributed by atoms with E-state index in [4.69, 9.17) is 33.9 Å². The van der Waals surface area contributed by atoms with E-state index in [9.17, 15) is 19.2 Å². The number of unbranched alkanes of at least 4 members (excludes halogenated alkanes) is 2. The second kappa shape index (κ2) is 30.8. The number of nitrogens with zero attached hydrogens (tertiary/aromatic N) is 3. The van der Waals surface area contributed by atoms with Crippen molar-refractivity contribution in [1.29, 1.82) is 0 Å². The summed E-state index contributed by atoms with van der Waals surface area (Å²) in [6, 6.07) is 0. The maximum absolute atomic E-state index is 12.0. The second-order valence-corrected chi connectivity index (χ2v) is 14.6. The number of morpholine rings is 2. The molecule has 0 aromatic rings. The van der Waals surface area contributed by atoms with E-state index in [1.54, 1.807) is 14.1 Å². The number of hydrogen-bond donors (Lipinski definition) is 2. The lowest BCUT2D eigenvalue weighted by atomic mass is 9.98. The van der Waals surface area contributed by atoms with Gasteiger partial charge in [-0.2, -0.15) is 0 Å². The van der Waals surface area contributed by atoms with Crippen LogP contribution in [-0.4, -0.2) is 177 Å². The van der Waals surface area contributed by atoms with Crippen LogP contribution in [-0.2, 0) is 47.6 Å². The highest BCUT2D eigenvalue weighted by molar-refractivity contribution is 5.81. The van der Waals surface area contributed by atoms with Crippen LogP contribution >= 0.6 is 0 Å². The molecule has 0 saturated carbocycles. The molecule has 0 aromatic carbocycles. The van der Waals surface area contributed by atoms with E-state index in [1.807, 2.05) is 13.8 Å². The lowest BCUT2D eigenvalue weighted by Crippen LogP contribution is -2.48. The highest BCUT2D eigenvalue weighted by Crippen LogP contribution is 2.18. The normalized spacial score (nSPS) is 23.3. The summed E-state index contributed by atoms with van der Waals surface area (Å²) < 4.78 is 60.8. The third-order valence-corrected chi connectivity index (χ3v) is 9.20. The molecule has 2 aliphatic rings. The first-order valence-corrected chi connectivity index (χ1v) is 19.6. The minimum Gasteiger partial charge on any atom is -0.466 e. The summed E-state index contributed by atoms with van der Waals surface area (Å²) in [5, 5.41) is 4.98. The number of rotatable bonds is 26. The van der Waals surface area contributed by atoms with Gasteiger partial charge >= 0.3 is 11.9 Å². The number of ether oxygens (including phenoxy) is 6. The van der Waals surface area contributed by atoms with Gasteiger partial charge in [-0.15, -0.1) is 0 Å². The third kappa shape index (κ3) is 25.6. The SMILES string of the molecule is [2H]C([3H])OCC1CN(CCCC(CCCN(C)C)COC(=O)CCC(=O)NC)CC(C)O1.[2H]C([3H])OCC1CN(CCCCCOC(=O)CCC(=O)NC)CC(C)O1. The molecule has 0 radical (unpaired) electrons. The fraction of sp³-hybridized carbons (Fsp3) is 0.897. The van der Waals surface area contributed by atoms with Crippen LogP contribution in [0.3, 0.4) is 0 Å². The predicted octanol–water partition coefficient (Wildman–Crippen LogP) is 2.49. The zero-order valence-electron chi connectivity index (χ0n) is 38.0. The van der Waals surface area contributed by atoms with Gasteiger partial charge in [0.2, 0.25) is 11.8 Å². The molecule has 2 heterocycles. The Morgan fingerprint density at radius 3 is 1.80 bits per heavy atom. The fourth-order valence-corrected chi connectivity index (χ4v) is 6.49. The minimum atomic E-state index is -1.29. The Morgan fingerprint density at radius 1 is 0.759 bits per heavy atom. The summed E-state index contributed by atoms with van der Waals surface area (Å²) in [4.78, 5) is 52.6. The van der Waals surface area contributed by atoms with Gasteiger partial charge in [0.15, 0.2) is 0 Å². The van der Waals surface area contributed by atoms with Gasteiger partial charge < -0.3 is 44.0 Å². The van der Waals surface area contributed by atoms with Crippen molar-refractivity contribution in [1.82, 2.24) is 25.3 Å². The van der Waals surface area contributed by atoms with Gasteiger partial charge in [-0.3, -0.25) is 29.0 Å². The molecule has 0 spiro atoms. The van der Waals surface area contributed by atoms with E-state index in [2.05, 4.69) is 39.4 Å². The van der Waals surface area contributed by atoms with Crippen molar-refractivity contribution < 1.29 is 53.1 Å². The van der Waals surface area contributed by atoms with Crippen LogP contribution in [0.2, 0.25) is 0 Å². The summed E-state index contributed by atoms with van der Waals surface area (Å²) >= 11 is 0. The van der Waals surface area contributed by atoms with Gasteiger partial charge in [0.1, 0.15) is 0 Å². The van der Waals surface area contributed by atoms with E-state index >= 15 is 0 Å². The van der Waals surface area contributed by atoms with Gasteiger partial charge in [0.05, 0.1) is 69.2 Å². The zero-order chi connectivity index (χ0) is 43.3. The van der Waals surface area contributed by atoms with E-state index in [0.717, 1.165) is 90.8 Å². The first kappa shape index (κ1) is 42.7. The van der Waals surface area contributed by atoms with E-state index in [-0.39, 0.29) is 87.1 Å². The van der Waals surface area contributed by atoms with E-state index in [0.29, 0.717) is 19.1 Å². The van der Waals surface area contributed by atoms with Gasteiger partial charge in [-0.25, -0.2) is 0 Å². The van der Waals surface area contributed by atoms with Crippen LogP contribution in [0.5, 0.6) is 0 Å². The molecule has 2 N–H and O–H groups in total. The summed E-state index contributed by atoms with van der Waals surface area (Å²) in [6.45, 7) is 11.4. The van der Waals surface area contributed by atoms with Crippen LogP contribution in [0.1, 0.15) is 90.0 Å². The highest BCUT2D eigenvalue weighted by atomic mass is 16.5. The van der Waals surface area contributed by atoms with Gasteiger partial charge in [0.25, 0.3) is 0 Å². The molecule has 0 bridgehead atoms. The molecule has 2 fully saturated rings. The average molecular weight is 780 g/mol. The molecule has 0 aromatic heterocycles. The number of nitrogens with one attached hydrogen (secondary N) is 2. The van der Waals surface area contributed by atoms with Crippen molar-refractivity contribution in [2.24, 2.45) is 5.92 Å². The first-order chi connectivity index (χ1) is 27.6. The molecule has 2 aliphatic heterocycles. The molecule has 2 saturated heterocycles. The van der Waals surface area contributed by atoms with E-state index in [1.165, 1.54) is 0 Å². The number of hydrogen-bond acceptors (Lipinski definition) is 13. The summed E-state index contributed by atoms with van der Waals surface area (Å²) in [7, 11) is 4.64. The molecule has 316 valence electrons. The molecule has 7 unspecified atom stereocenters. The largest absolute Gasteiger partial charge is 0.466 e. The topological polar surface area (TPSA) is 157 Å². The fourth-order valence-electron chi connectivity index (χ4n) is 6.49. The Kier molecular flexibility index (Phi) is 24.4. The van der Waals surface area contributed by atoms with Crippen molar-refractivity contribution in [3.63, 3.8) is 0 Å². The highest BCUT2D eigenvalue weighted by Gasteiger charge is 2.26. The lowest BCUT2D eigenvalue weighted by molar-refractivity contribution is -0.146. The van der Waals surface area contributed by atoms with E-state index < -0.39 is 14.1 Å². The smallest absolute Gasteiger partial charge is 0.306 e. The number of carbonyl (C=O) groups excluding carboxylic acids is 4. The van der Waals surface area contributed by atoms with Crippen molar-refractivity contribution in [2.45, 2.75) is 109 Å². The lowest BCUT2D eigenvalue weighted by Gasteiger charge is -2.36. The van der Waals surface area contributed by atoms with Crippen molar-refractivity contribution >= 4 is 23.8 Å². The first-order valence-electron chi connectivity index (χ1n) is 22.0.